The van der Waals surface area contributed by atoms with E-state index in [0.29, 0.717) is 5.90 Å². The molecule has 0 saturated carbocycles. The van der Waals surface area contributed by atoms with Gasteiger partial charge in [-0.2, -0.15) is 0 Å². The molecule has 0 unspecified atom stereocenters. The van der Waals surface area contributed by atoms with Crippen molar-refractivity contribution in [3.63, 3.8) is 0 Å². The van der Waals surface area contributed by atoms with Crippen molar-refractivity contribution in [1.82, 2.24) is 0 Å². The molecule has 0 rings (SSSR count). The van der Waals surface area contributed by atoms with Crippen LogP contribution in [0.3, 0.4) is 0 Å². The second-order valence-corrected chi connectivity index (χ2v) is 2.36. The summed E-state index contributed by atoms with van der Waals surface area (Å²) in [6.45, 7) is 5.89. The molecule has 0 aromatic heterocycles. The lowest BCUT2D eigenvalue weighted by molar-refractivity contribution is 0.399. The molecule has 0 saturated heterocycles. The smallest absolute Gasteiger partial charge is 0.184 e. The Labute approximate surface area is 74.7 Å². The summed E-state index contributed by atoms with van der Waals surface area (Å²) in [7, 11) is 1.62. The minimum atomic E-state index is 0.684. The maximum Gasteiger partial charge on any atom is 0.184 e. The highest BCUT2D eigenvalue weighted by Crippen LogP contribution is 2.00. The van der Waals surface area contributed by atoms with E-state index in [1.54, 1.807) is 7.11 Å². The van der Waals surface area contributed by atoms with Crippen molar-refractivity contribution < 1.29 is 4.74 Å². The minimum Gasteiger partial charge on any atom is -0.484 e. The summed E-state index contributed by atoms with van der Waals surface area (Å²) < 4.78 is 4.94. The topological polar surface area (TPSA) is 21.6 Å². The molecule has 0 spiro atoms. The maximum absolute atomic E-state index is 4.94. The van der Waals surface area contributed by atoms with Crippen LogP contribution < -0.4 is 0 Å². The zero-order valence-electron chi connectivity index (χ0n) is 8.29. The SMILES string of the molecule is C/C=C(\C=C/CC)N=C(C)OC. The predicted molar refractivity (Wildman–Crippen MR) is 53.3 cm³/mol. The van der Waals surface area contributed by atoms with E-state index in [9.17, 15) is 0 Å². The molecule has 0 fully saturated rings. The van der Waals surface area contributed by atoms with Gasteiger partial charge in [0.2, 0.25) is 0 Å². The predicted octanol–water partition coefficient (Wildman–Crippen LogP) is 2.92. The summed E-state index contributed by atoms with van der Waals surface area (Å²) >= 11 is 0. The number of ether oxygens (including phenoxy) is 1. The summed E-state index contributed by atoms with van der Waals surface area (Å²) in [5, 5.41) is 0. The van der Waals surface area contributed by atoms with E-state index < -0.39 is 0 Å². The summed E-state index contributed by atoms with van der Waals surface area (Å²) in [6.07, 6.45) is 7.04. The summed E-state index contributed by atoms with van der Waals surface area (Å²) in [4.78, 5) is 4.22. The lowest BCUT2D eigenvalue weighted by Gasteiger charge is -1.97. The molecule has 0 radical (unpaired) electrons. The van der Waals surface area contributed by atoms with Gasteiger partial charge >= 0.3 is 0 Å². The van der Waals surface area contributed by atoms with Crippen molar-refractivity contribution in [2.45, 2.75) is 27.2 Å². The highest BCUT2D eigenvalue weighted by atomic mass is 16.5. The Morgan fingerprint density at radius 2 is 2.17 bits per heavy atom. The van der Waals surface area contributed by atoms with Crippen molar-refractivity contribution in [2.75, 3.05) is 7.11 Å². The van der Waals surface area contributed by atoms with Crippen LogP contribution in [0, 0.1) is 0 Å². The van der Waals surface area contributed by atoms with Gasteiger partial charge in [0.1, 0.15) is 0 Å². The molecule has 2 nitrogen and oxygen atoms in total. The fraction of sp³-hybridized carbons (Fsp3) is 0.500. The molecule has 0 aliphatic carbocycles. The van der Waals surface area contributed by atoms with Gasteiger partial charge in [-0.05, 0) is 19.4 Å². The van der Waals surface area contributed by atoms with Gasteiger partial charge in [-0.25, -0.2) is 4.99 Å². The number of hydrogen-bond acceptors (Lipinski definition) is 2. The van der Waals surface area contributed by atoms with E-state index in [0.717, 1.165) is 12.1 Å². The Hall–Kier alpha value is -1.05. The van der Waals surface area contributed by atoms with Gasteiger partial charge in [0.05, 0.1) is 12.8 Å². The first kappa shape index (κ1) is 11.0. The van der Waals surface area contributed by atoms with E-state index in [1.165, 1.54) is 0 Å². The number of aliphatic imine (C=N–C) groups is 1. The van der Waals surface area contributed by atoms with Crippen molar-refractivity contribution in [2.24, 2.45) is 4.99 Å². The molecular weight excluding hydrogens is 150 g/mol. The molecule has 0 atom stereocenters. The van der Waals surface area contributed by atoms with Gasteiger partial charge in [0, 0.05) is 6.92 Å². The average molecular weight is 167 g/mol. The van der Waals surface area contributed by atoms with E-state index in [2.05, 4.69) is 18.0 Å². The quantitative estimate of drug-likeness (QED) is 0.360. The van der Waals surface area contributed by atoms with Crippen LogP contribution >= 0.6 is 0 Å². The summed E-state index contributed by atoms with van der Waals surface area (Å²) in [6, 6.07) is 0. The van der Waals surface area contributed by atoms with E-state index in [4.69, 9.17) is 4.74 Å². The van der Waals surface area contributed by atoms with Crippen LogP contribution in [0.5, 0.6) is 0 Å². The molecule has 0 aliphatic heterocycles. The van der Waals surface area contributed by atoms with Gasteiger partial charge in [-0.1, -0.05) is 19.1 Å². The van der Waals surface area contributed by atoms with Crippen LogP contribution in [0.2, 0.25) is 0 Å². The molecular formula is C10H17NO. The minimum absolute atomic E-state index is 0.684. The number of allylic oxidation sites excluding steroid dienone is 3. The highest BCUT2D eigenvalue weighted by Gasteiger charge is 1.88. The molecule has 0 aromatic carbocycles. The second kappa shape index (κ2) is 6.65. The van der Waals surface area contributed by atoms with Gasteiger partial charge in [0.25, 0.3) is 0 Å². The molecule has 0 bridgehead atoms. The van der Waals surface area contributed by atoms with Crippen molar-refractivity contribution in [3.05, 3.63) is 23.9 Å². The van der Waals surface area contributed by atoms with Crippen LogP contribution in [-0.2, 0) is 4.74 Å². The lowest BCUT2D eigenvalue weighted by atomic mass is 10.3. The van der Waals surface area contributed by atoms with E-state index in [1.807, 2.05) is 26.0 Å². The first-order chi connectivity index (χ1) is 5.74. The van der Waals surface area contributed by atoms with Crippen LogP contribution in [0.25, 0.3) is 0 Å². The molecule has 0 aromatic rings. The standard InChI is InChI=1S/C10H17NO/c1-5-7-8-10(6-2)11-9(3)12-4/h6-8H,5H2,1-4H3/b8-7-,10-6+,11-9?. The Morgan fingerprint density at radius 1 is 1.50 bits per heavy atom. The second-order valence-electron chi connectivity index (χ2n) is 2.36. The number of rotatable bonds is 3. The number of methoxy groups -OCH3 is 1. The zero-order valence-corrected chi connectivity index (χ0v) is 8.29. The lowest BCUT2D eigenvalue weighted by Crippen LogP contribution is -1.93. The Balaban J connectivity index is 4.29. The molecule has 0 aliphatic rings. The van der Waals surface area contributed by atoms with Crippen LogP contribution in [0.15, 0.2) is 28.9 Å². The van der Waals surface area contributed by atoms with Crippen molar-refractivity contribution >= 4 is 5.90 Å². The first-order valence-electron chi connectivity index (χ1n) is 4.16. The highest BCUT2D eigenvalue weighted by molar-refractivity contribution is 5.74. The van der Waals surface area contributed by atoms with Gasteiger partial charge in [-0.3, -0.25) is 0 Å². The van der Waals surface area contributed by atoms with Gasteiger partial charge in [0.15, 0.2) is 5.90 Å². The van der Waals surface area contributed by atoms with Gasteiger partial charge in [-0.15, -0.1) is 0 Å². The Morgan fingerprint density at radius 3 is 2.58 bits per heavy atom. The van der Waals surface area contributed by atoms with E-state index >= 15 is 0 Å². The number of hydrogen-bond donors (Lipinski definition) is 0. The molecule has 0 amide bonds. The zero-order chi connectivity index (χ0) is 9.40. The maximum atomic E-state index is 4.94. The third-order valence-corrected chi connectivity index (χ3v) is 1.40. The first-order valence-corrected chi connectivity index (χ1v) is 4.16. The van der Waals surface area contributed by atoms with E-state index in [-0.39, 0.29) is 0 Å². The van der Waals surface area contributed by atoms with Crippen molar-refractivity contribution in [1.29, 1.82) is 0 Å². The van der Waals surface area contributed by atoms with Crippen molar-refractivity contribution in [3.8, 4) is 0 Å². The Kier molecular flexibility index (Phi) is 6.07. The fourth-order valence-electron chi connectivity index (χ4n) is 0.664. The summed E-state index contributed by atoms with van der Waals surface area (Å²) in [5.74, 6) is 0.684. The third kappa shape index (κ3) is 4.72. The van der Waals surface area contributed by atoms with Crippen LogP contribution in [-0.4, -0.2) is 13.0 Å². The molecule has 2 heteroatoms. The van der Waals surface area contributed by atoms with Crippen LogP contribution in [0.4, 0.5) is 0 Å². The number of nitrogens with zero attached hydrogens (tertiary/aromatic N) is 1. The summed E-state index contributed by atoms with van der Waals surface area (Å²) in [5.41, 5.74) is 0.941. The monoisotopic (exact) mass is 167 g/mol. The molecule has 68 valence electrons. The van der Waals surface area contributed by atoms with Crippen LogP contribution in [0.1, 0.15) is 27.2 Å². The largest absolute Gasteiger partial charge is 0.484 e. The average Bonchev–Trinajstić information content (AvgIpc) is 2.11. The molecule has 0 heterocycles. The van der Waals surface area contributed by atoms with Gasteiger partial charge < -0.3 is 4.74 Å². The molecule has 12 heavy (non-hydrogen) atoms. The fourth-order valence-corrected chi connectivity index (χ4v) is 0.664. The Bertz CT molecular complexity index is 202. The normalized spacial score (nSPS) is 14.0. The third-order valence-electron chi connectivity index (χ3n) is 1.40. The molecule has 0 N–H and O–H groups in total.